The molecule has 1 atom stereocenters. The van der Waals surface area contributed by atoms with Crippen LogP contribution in [0.2, 0.25) is 0 Å². The lowest BCUT2D eigenvalue weighted by Gasteiger charge is -2.21. The first-order valence-electron chi connectivity index (χ1n) is 6.53. The van der Waals surface area contributed by atoms with Gasteiger partial charge in [0.15, 0.2) is 5.65 Å². The number of hydrogen-bond donors (Lipinski definition) is 3. The molecule has 2 aromatic rings. The van der Waals surface area contributed by atoms with Gasteiger partial charge >= 0.3 is 0 Å². The molecule has 0 saturated carbocycles. The van der Waals surface area contributed by atoms with Gasteiger partial charge in [-0.2, -0.15) is 16.9 Å². The fraction of sp³-hybridized carbons (Fsp3) is 0.462. The molecule has 0 aliphatic carbocycles. The maximum Gasteiger partial charge on any atom is 0.226 e. The van der Waals surface area contributed by atoms with Crippen LogP contribution in [0.25, 0.3) is 11.0 Å². The second kappa shape index (κ2) is 5.06. The molecule has 1 fully saturated rings. The Balaban J connectivity index is 1.72. The molecular formula is C13H17N5OS. The average Bonchev–Trinajstić information content (AvgIpc) is 2.97. The van der Waals surface area contributed by atoms with Crippen LogP contribution in [0.15, 0.2) is 12.3 Å². The number of anilines is 1. The summed E-state index contributed by atoms with van der Waals surface area (Å²) in [6.07, 6.45) is 2.86. The van der Waals surface area contributed by atoms with E-state index in [0.29, 0.717) is 17.8 Å². The summed E-state index contributed by atoms with van der Waals surface area (Å²) in [6, 6.07) is 1.88. The largest absolute Gasteiger partial charge is 0.325 e. The van der Waals surface area contributed by atoms with E-state index >= 15 is 0 Å². The molecule has 1 aliphatic rings. The fourth-order valence-electron chi connectivity index (χ4n) is 2.38. The van der Waals surface area contributed by atoms with E-state index in [9.17, 15) is 4.79 Å². The van der Waals surface area contributed by atoms with Crippen molar-refractivity contribution in [3.63, 3.8) is 0 Å². The molecular weight excluding hydrogens is 274 g/mol. The lowest BCUT2D eigenvalue weighted by molar-refractivity contribution is -0.117. The van der Waals surface area contributed by atoms with Crippen molar-refractivity contribution < 1.29 is 4.79 Å². The van der Waals surface area contributed by atoms with Gasteiger partial charge in [0.1, 0.15) is 0 Å². The molecule has 20 heavy (non-hydrogen) atoms. The number of nitrogens with one attached hydrogen (secondary N) is 2. The SMILES string of the molecule is Cc1[nH]nc2ncc(NC(=O)CC3(N)CCSC3)cc12. The van der Waals surface area contributed by atoms with Crippen LogP contribution in [0.1, 0.15) is 18.5 Å². The van der Waals surface area contributed by atoms with Crippen LogP contribution in [0.3, 0.4) is 0 Å². The van der Waals surface area contributed by atoms with Crippen LogP contribution >= 0.6 is 11.8 Å². The number of aryl methyl sites for hydroxylation is 1. The molecule has 1 amide bonds. The monoisotopic (exact) mass is 291 g/mol. The van der Waals surface area contributed by atoms with Gasteiger partial charge < -0.3 is 11.1 Å². The third-order valence-corrected chi connectivity index (χ3v) is 4.80. The van der Waals surface area contributed by atoms with Crippen LogP contribution < -0.4 is 11.1 Å². The summed E-state index contributed by atoms with van der Waals surface area (Å²) in [5.41, 5.74) is 8.11. The summed E-state index contributed by atoms with van der Waals surface area (Å²) in [4.78, 5) is 16.3. The number of aromatic nitrogens is 3. The van der Waals surface area contributed by atoms with Crippen molar-refractivity contribution in [3.8, 4) is 0 Å². The average molecular weight is 291 g/mol. The predicted octanol–water partition coefficient (Wildman–Crippen LogP) is 1.43. The van der Waals surface area contributed by atoms with E-state index in [1.54, 1.807) is 18.0 Å². The minimum Gasteiger partial charge on any atom is -0.325 e. The van der Waals surface area contributed by atoms with Gasteiger partial charge in [-0.05, 0) is 25.2 Å². The molecule has 6 nitrogen and oxygen atoms in total. The summed E-state index contributed by atoms with van der Waals surface area (Å²) in [5.74, 6) is 1.82. The van der Waals surface area contributed by atoms with Crippen LogP contribution in [0.5, 0.6) is 0 Å². The number of rotatable bonds is 3. The summed E-state index contributed by atoms with van der Waals surface area (Å²) in [6.45, 7) is 1.92. The van der Waals surface area contributed by atoms with Crippen LogP contribution in [0.4, 0.5) is 5.69 Å². The van der Waals surface area contributed by atoms with E-state index in [-0.39, 0.29) is 11.4 Å². The highest BCUT2D eigenvalue weighted by Crippen LogP contribution is 2.28. The predicted molar refractivity (Wildman–Crippen MR) is 80.7 cm³/mol. The van der Waals surface area contributed by atoms with Gasteiger partial charge in [-0.25, -0.2) is 4.98 Å². The van der Waals surface area contributed by atoms with Gasteiger partial charge in [-0.3, -0.25) is 9.89 Å². The third kappa shape index (κ3) is 2.64. The summed E-state index contributed by atoms with van der Waals surface area (Å²) >= 11 is 1.80. The summed E-state index contributed by atoms with van der Waals surface area (Å²) in [5, 5.41) is 10.7. The first-order valence-corrected chi connectivity index (χ1v) is 7.68. The smallest absolute Gasteiger partial charge is 0.226 e. The third-order valence-electron chi connectivity index (χ3n) is 3.53. The minimum absolute atomic E-state index is 0.0581. The topological polar surface area (TPSA) is 96.7 Å². The molecule has 3 rings (SSSR count). The molecule has 0 aromatic carbocycles. The van der Waals surface area contributed by atoms with E-state index < -0.39 is 0 Å². The van der Waals surface area contributed by atoms with E-state index in [1.807, 2.05) is 13.0 Å². The first kappa shape index (κ1) is 13.4. The number of amides is 1. The van der Waals surface area contributed by atoms with Crippen LogP contribution in [-0.4, -0.2) is 38.1 Å². The first-order chi connectivity index (χ1) is 9.56. The Bertz CT molecular complexity index is 647. The highest BCUT2D eigenvalue weighted by molar-refractivity contribution is 7.99. The van der Waals surface area contributed by atoms with Crippen molar-refractivity contribution in [2.24, 2.45) is 5.73 Å². The van der Waals surface area contributed by atoms with Crippen molar-refractivity contribution in [3.05, 3.63) is 18.0 Å². The van der Waals surface area contributed by atoms with Crippen molar-refractivity contribution in [2.45, 2.75) is 25.3 Å². The van der Waals surface area contributed by atoms with Crippen molar-refractivity contribution in [1.29, 1.82) is 0 Å². The van der Waals surface area contributed by atoms with Crippen molar-refractivity contribution >= 4 is 34.4 Å². The molecule has 0 radical (unpaired) electrons. The van der Waals surface area contributed by atoms with Crippen molar-refractivity contribution in [2.75, 3.05) is 16.8 Å². The number of pyridine rings is 1. The standard InChI is InChI=1S/C13H17N5OS/c1-8-10-4-9(6-15-12(10)18-17-8)16-11(19)5-13(14)2-3-20-7-13/h4,6H,2-3,5,7,14H2,1H3,(H,16,19)(H,15,17,18). The van der Waals surface area contributed by atoms with Gasteiger partial charge in [0.05, 0.1) is 11.9 Å². The molecule has 106 valence electrons. The molecule has 1 unspecified atom stereocenters. The lowest BCUT2D eigenvalue weighted by atomic mass is 9.96. The van der Waals surface area contributed by atoms with Crippen LogP contribution in [-0.2, 0) is 4.79 Å². The zero-order chi connectivity index (χ0) is 14.2. The number of H-pyrrole nitrogens is 1. The quantitative estimate of drug-likeness (QED) is 0.795. The maximum atomic E-state index is 12.1. The Kier molecular flexibility index (Phi) is 3.39. The van der Waals surface area contributed by atoms with Gasteiger partial charge in [-0.15, -0.1) is 0 Å². The summed E-state index contributed by atoms with van der Waals surface area (Å²) < 4.78 is 0. The zero-order valence-corrected chi connectivity index (χ0v) is 12.1. The van der Waals surface area contributed by atoms with Gasteiger partial charge in [0.2, 0.25) is 5.91 Å². The van der Waals surface area contributed by atoms with Gasteiger partial charge in [0.25, 0.3) is 0 Å². The van der Waals surface area contributed by atoms with E-state index in [2.05, 4.69) is 20.5 Å². The molecule has 1 saturated heterocycles. The molecule has 3 heterocycles. The van der Waals surface area contributed by atoms with E-state index in [0.717, 1.165) is 29.0 Å². The maximum absolute atomic E-state index is 12.1. The van der Waals surface area contributed by atoms with Gasteiger partial charge in [-0.1, -0.05) is 0 Å². The van der Waals surface area contributed by atoms with E-state index in [4.69, 9.17) is 5.73 Å². The molecule has 0 spiro atoms. The van der Waals surface area contributed by atoms with Crippen LogP contribution in [0, 0.1) is 6.92 Å². The minimum atomic E-state index is -0.363. The number of hydrogen-bond acceptors (Lipinski definition) is 5. The second-order valence-electron chi connectivity index (χ2n) is 5.33. The zero-order valence-electron chi connectivity index (χ0n) is 11.3. The number of aromatic amines is 1. The number of nitrogens with zero attached hydrogens (tertiary/aromatic N) is 2. The summed E-state index contributed by atoms with van der Waals surface area (Å²) in [7, 11) is 0. The lowest BCUT2D eigenvalue weighted by Crippen LogP contribution is -2.43. The van der Waals surface area contributed by atoms with Crippen molar-refractivity contribution in [1.82, 2.24) is 15.2 Å². The number of carbonyl (C=O) groups is 1. The fourth-order valence-corrected chi connectivity index (χ4v) is 3.72. The Hall–Kier alpha value is -1.60. The highest BCUT2D eigenvalue weighted by atomic mass is 32.2. The number of thioether (sulfide) groups is 1. The Morgan fingerprint density at radius 1 is 1.65 bits per heavy atom. The highest BCUT2D eigenvalue weighted by Gasteiger charge is 2.32. The molecule has 7 heteroatoms. The number of nitrogens with two attached hydrogens (primary N) is 1. The Morgan fingerprint density at radius 3 is 3.25 bits per heavy atom. The number of carbonyl (C=O) groups excluding carboxylic acids is 1. The normalized spacial score (nSPS) is 22.3. The van der Waals surface area contributed by atoms with E-state index in [1.165, 1.54) is 0 Å². The molecule has 4 N–H and O–H groups in total. The Labute approximate surface area is 120 Å². The molecule has 2 aromatic heterocycles. The van der Waals surface area contributed by atoms with Gasteiger partial charge in [0, 0.05) is 28.8 Å². The molecule has 0 bridgehead atoms. The second-order valence-corrected chi connectivity index (χ2v) is 6.44. The number of fused-ring (bicyclic) bond motifs is 1. The Morgan fingerprint density at radius 2 is 2.50 bits per heavy atom. The molecule has 1 aliphatic heterocycles.